The van der Waals surface area contributed by atoms with Crippen molar-refractivity contribution in [3.05, 3.63) is 22.9 Å². The predicted molar refractivity (Wildman–Crippen MR) is 100 cm³/mol. The summed E-state index contributed by atoms with van der Waals surface area (Å²) in [6, 6.07) is 2.07. The van der Waals surface area contributed by atoms with Crippen molar-refractivity contribution in [3.8, 4) is 5.88 Å². The molecule has 0 radical (unpaired) electrons. The van der Waals surface area contributed by atoms with Gasteiger partial charge in [0.1, 0.15) is 6.10 Å². The number of hydrogen-bond donors (Lipinski definition) is 2. The first-order valence-electron chi connectivity index (χ1n) is 9.74. The molecule has 2 N–H and O–H groups in total. The van der Waals surface area contributed by atoms with Crippen LogP contribution in [0.2, 0.25) is 0 Å². The minimum absolute atomic E-state index is 0.0134. The summed E-state index contributed by atoms with van der Waals surface area (Å²) in [7, 11) is 1.53. The Labute approximate surface area is 160 Å². The normalized spacial score (nSPS) is 18.1. The van der Waals surface area contributed by atoms with Crippen LogP contribution < -0.4 is 10.1 Å². The molecule has 1 aliphatic carbocycles. The fourth-order valence-corrected chi connectivity index (χ4v) is 3.94. The smallest absolute Gasteiger partial charge is 0.256 e. The molecule has 0 bridgehead atoms. The van der Waals surface area contributed by atoms with Gasteiger partial charge in [-0.1, -0.05) is 26.7 Å². The van der Waals surface area contributed by atoms with E-state index in [2.05, 4.69) is 10.3 Å². The quantitative estimate of drug-likeness (QED) is 0.761. The van der Waals surface area contributed by atoms with Crippen molar-refractivity contribution in [3.63, 3.8) is 0 Å². The van der Waals surface area contributed by atoms with Crippen molar-refractivity contribution >= 4 is 11.8 Å². The van der Waals surface area contributed by atoms with Crippen molar-refractivity contribution in [2.45, 2.75) is 71.2 Å². The maximum Gasteiger partial charge on any atom is 0.256 e. The molecule has 0 aromatic carbocycles. The number of pyridine rings is 1. The Morgan fingerprint density at radius 1 is 1.41 bits per heavy atom. The van der Waals surface area contributed by atoms with Gasteiger partial charge in [0.15, 0.2) is 0 Å². The number of carbonyl (C=O) groups is 2. The Hall–Kier alpha value is -2.15. The number of aliphatic hydroxyl groups is 1. The molecule has 1 aromatic rings. The SMILES string of the molecule is COc1nc2c(cc1CNC(=O)[C@H](O)CC(C)C)C(=O)N(C1CCCC1)C2. The third-order valence-electron chi connectivity index (χ3n) is 5.36. The molecule has 2 amide bonds. The van der Waals surface area contributed by atoms with Crippen molar-refractivity contribution in [2.24, 2.45) is 5.92 Å². The van der Waals surface area contributed by atoms with E-state index < -0.39 is 12.0 Å². The average Bonchev–Trinajstić information content (AvgIpc) is 3.26. The number of ether oxygens (including phenoxy) is 1. The van der Waals surface area contributed by atoms with Gasteiger partial charge in [-0.3, -0.25) is 9.59 Å². The maximum absolute atomic E-state index is 12.8. The van der Waals surface area contributed by atoms with Gasteiger partial charge < -0.3 is 20.1 Å². The molecule has 27 heavy (non-hydrogen) atoms. The fourth-order valence-electron chi connectivity index (χ4n) is 3.94. The van der Waals surface area contributed by atoms with E-state index in [4.69, 9.17) is 4.74 Å². The summed E-state index contributed by atoms with van der Waals surface area (Å²) >= 11 is 0. The van der Waals surface area contributed by atoms with Crippen molar-refractivity contribution in [1.29, 1.82) is 0 Å². The standard InChI is InChI=1S/C20H29N3O4/c1-12(2)8-17(24)18(25)21-10-13-9-15-16(22-19(13)27-3)11-23(20(15)26)14-6-4-5-7-14/h9,12,14,17,24H,4-8,10-11H2,1-3H3,(H,21,25)/t17-/m1/s1. The summed E-state index contributed by atoms with van der Waals surface area (Å²) in [5.74, 6) is 0.222. The van der Waals surface area contributed by atoms with E-state index in [-0.39, 0.29) is 18.4 Å². The highest BCUT2D eigenvalue weighted by Gasteiger charge is 2.36. The van der Waals surface area contributed by atoms with Gasteiger partial charge in [-0.25, -0.2) is 4.98 Å². The van der Waals surface area contributed by atoms with Gasteiger partial charge in [0.2, 0.25) is 11.8 Å². The van der Waals surface area contributed by atoms with Gasteiger partial charge in [-0.05, 0) is 31.2 Å². The molecule has 2 heterocycles. The van der Waals surface area contributed by atoms with Crippen LogP contribution in [-0.4, -0.2) is 46.1 Å². The number of nitrogens with zero attached hydrogens (tertiary/aromatic N) is 2. The molecule has 0 saturated heterocycles. The van der Waals surface area contributed by atoms with Crippen LogP contribution in [0.15, 0.2) is 6.07 Å². The van der Waals surface area contributed by atoms with Crippen LogP contribution in [0.1, 0.15) is 67.6 Å². The molecule has 1 fully saturated rings. The monoisotopic (exact) mass is 375 g/mol. The summed E-state index contributed by atoms with van der Waals surface area (Å²) in [5, 5.41) is 12.6. The molecule has 2 aliphatic rings. The number of methoxy groups -OCH3 is 1. The number of fused-ring (bicyclic) bond motifs is 1. The molecule has 1 aromatic heterocycles. The van der Waals surface area contributed by atoms with E-state index in [0.29, 0.717) is 36.0 Å². The molecule has 0 spiro atoms. The summed E-state index contributed by atoms with van der Waals surface area (Å²) in [4.78, 5) is 31.3. The third-order valence-corrected chi connectivity index (χ3v) is 5.36. The van der Waals surface area contributed by atoms with E-state index >= 15 is 0 Å². The van der Waals surface area contributed by atoms with E-state index in [1.54, 1.807) is 6.07 Å². The molecule has 7 nitrogen and oxygen atoms in total. The fraction of sp³-hybridized carbons (Fsp3) is 0.650. The van der Waals surface area contributed by atoms with Gasteiger partial charge in [-0.15, -0.1) is 0 Å². The Morgan fingerprint density at radius 2 is 2.11 bits per heavy atom. The molecule has 148 valence electrons. The molecule has 3 rings (SSSR count). The second-order valence-corrected chi connectivity index (χ2v) is 7.89. The lowest BCUT2D eigenvalue weighted by atomic mass is 10.1. The van der Waals surface area contributed by atoms with E-state index in [1.807, 2.05) is 18.7 Å². The van der Waals surface area contributed by atoms with Crippen molar-refractivity contribution < 1.29 is 19.4 Å². The summed E-state index contributed by atoms with van der Waals surface area (Å²) < 4.78 is 5.37. The number of rotatable bonds is 7. The first-order valence-corrected chi connectivity index (χ1v) is 9.74. The predicted octanol–water partition coefficient (Wildman–Crippen LogP) is 2.01. The lowest BCUT2D eigenvalue weighted by Crippen LogP contribution is -2.35. The van der Waals surface area contributed by atoms with Crippen LogP contribution in [0.25, 0.3) is 0 Å². The van der Waals surface area contributed by atoms with Gasteiger partial charge in [0.05, 0.1) is 24.9 Å². The molecule has 0 unspecified atom stereocenters. The molecule has 1 aliphatic heterocycles. The third kappa shape index (κ3) is 4.24. The maximum atomic E-state index is 12.8. The summed E-state index contributed by atoms with van der Waals surface area (Å²) in [6.07, 6.45) is 3.79. The zero-order valence-corrected chi connectivity index (χ0v) is 16.3. The van der Waals surface area contributed by atoms with Gasteiger partial charge in [0, 0.05) is 18.2 Å². The van der Waals surface area contributed by atoms with Gasteiger partial charge in [0.25, 0.3) is 5.91 Å². The number of aliphatic hydroxyl groups excluding tert-OH is 1. The number of amides is 2. The Balaban J connectivity index is 1.72. The lowest BCUT2D eigenvalue weighted by Gasteiger charge is -2.22. The Kier molecular flexibility index (Phi) is 5.99. The Morgan fingerprint density at radius 3 is 2.74 bits per heavy atom. The summed E-state index contributed by atoms with van der Waals surface area (Å²) in [5.41, 5.74) is 1.97. The topological polar surface area (TPSA) is 91.8 Å². The highest BCUT2D eigenvalue weighted by Crippen LogP contribution is 2.33. The highest BCUT2D eigenvalue weighted by molar-refractivity contribution is 5.98. The molecular formula is C20H29N3O4. The van der Waals surface area contributed by atoms with Crippen LogP contribution in [0.3, 0.4) is 0 Å². The highest BCUT2D eigenvalue weighted by atomic mass is 16.5. The molecule has 7 heteroatoms. The second-order valence-electron chi connectivity index (χ2n) is 7.89. The molecular weight excluding hydrogens is 346 g/mol. The minimum Gasteiger partial charge on any atom is -0.481 e. The number of aromatic nitrogens is 1. The lowest BCUT2D eigenvalue weighted by molar-refractivity contribution is -0.130. The van der Waals surface area contributed by atoms with E-state index in [0.717, 1.165) is 31.4 Å². The summed E-state index contributed by atoms with van der Waals surface area (Å²) in [6.45, 7) is 4.58. The zero-order valence-electron chi connectivity index (χ0n) is 16.3. The Bertz CT molecular complexity index is 713. The second kappa shape index (κ2) is 8.25. The van der Waals surface area contributed by atoms with Crippen LogP contribution in [-0.2, 0) is 17.9 Å². The molecule has 1 atom stereocenters. The van der Waals surface area contributed by atoms with Crippen molar-refractivity contribution in [2.75, 3.05) is 7.11 Å². The van der Waals surface area contributed by atoms with E-state index in [9.17, 15) is 14.7 Å². The van der Waals surface area contributed by atoms with E-state index in [1.165, 1.54) is 7.11 Å². The van der Waals surface area contributed by atoms with Crippen LogP contribution in [0.4, 0.5) is 0 Å². The minimum atomic E-state index is -1.04. The average molecular weight is 375 g/mol. The number of nitrogens with one attached hydrogen (secondary N) is 1. The number of hydrogen-bond acceptors (Lipinski definition) is 5. The van der Waals surface area contributed by atoms with Gasteiger partial charge in [-0.2, -0.15) is 0 Å². The molecule has 1 saturated carbocycles. The largest absolute Gasteiger partial charge is 0.481 e. The van der Waals surface area contributed by atoms with Gasteiger partial charge >= 0.3 is 0 Å². The first kappa shape index (κ1) is 19.6. The first-order chi connectivity index (χ1) is 12.9. The van der Waals surface area contributed by atoms with Crippen LogP contribution in [0.5, 0.6) is 5.88 Å². The van der Waals surface area contributed by atoms with Crippen LogP contribution >= 0.6 is 0 Å². The van der Waals surface area contributed by atoms with Crippen molar-refractivity contribution in [1.82, 2.24) is 15.2 Å². The number of carbonyl (C=O) groups excluding carboxylic acids is 2. The zero-order chi connectivity index (χ0) is 19.6. The van der Waals surface area contributed by atoms with Crippen LogP contribution in [0, 0.1) is 5.92 Å².